The summed E-state index contributed by atoms with van der Waals surface area (Å²) in [6.07, 6.45) is 6.47. The second-order valence-electron chi connectivity index (χ2n) is 4.50. The smallest absolute Gasteiger partial charge is 0.146 e. The van der Waals surface area contributed by atoms with Gasteiger partial charge in [-0.3, -0.25) is 0 Å². The minimum absolute atomic E-state index is 0.0983. The molecule has 1 aromatic carbocycles. The minimum atomic E-state index is 0.0983. The maximum Gasteiger partial charge on any atom is 0.146 e. The largest absolute Gasteiger partial charge is 0.506 e. The van der Waals surface area contributed by atoms with Crippen molar-refractivity contribution in [3.63, 3.8) is 0 Å². The molecule has 3 nitrogen and oxygen atoms in total. The highest BCUT2D eigenvalue weighted by Crippen LogP contribution is 2.31. The first-order valence-electron chi connectivity index (χ1n) is 5.97. The second-order valence-corrected chi connectivity index (χ2v) is 4.50. The van der Waals surface area contributed by atoms with Gasteiger partial charge < -0.3 is 15.6 Å². The van der Waals surface area contributed by atoms with Crippen LogP contribution in [0, 0.1) is 5.92 Å². The van der Waals surface area contributed by atoms with Gasteiger partial charge in [0.05, 0.1) is 6.61 Å². The van der Waals surface area contributed by atoms with Gasteiger partial charge in [0.1, 0.15) is 17.2 Å². The molecule has 0 amide bonds. The zero-order chi connectivity index (χ0) is 11.4. The summed E-state index contributed by atoms with van der Waals surface area (Å²) in [6, 6.07) is 5.13. The van der Waals surface area contributed by atoms with Crippen LogP contribution in [0.4, 0.5) is 5.69 Å². The molecule has 0 bridgehead atoms. The molecule has 1 aromatic rings. The molecule has 0 heterocycles. The van der Waals surface area contributed by atoms with Crippen LogP contribution >= 0.6 is 0 Å². The van der Waals surface area contributed by atoms with E-state index < -0.39 is 0 Å². The van der Waals surface area contributed by atoms with Crippen LogP contribution in [-0.4, -0.2) is 11.7 Å². The maximum absolute atomic E-state index is 9.43. The van der Waals surface area contributed by atoms with Gasteiger partial charge in [-0.05, 0) is 30.9 Å². The molecule has 88 valence electrons. The molecule has 0 spiro atoms. The Morgan fingerprint density at radius 1 is 1.25 bits per heavy atom. The molecule has 0 saturated heterocycles. The van der Waals surface area contributed by atoms with E-state index in [1.54, 1.807) is 18.2 Å². The molecule has 0 unspecified atom stereocenters. The van der Waals surface area contributed by atoms with E-state index in [2.05, 4.69) is 0 Å². The van der Waals surface area contributed by atoms with Crippen LogP contribution in [0.25, 0.3) is 0 Å². The lowest BCUT2D eigenvalue weighted by atomic mass is 9.90. The van der Waals surface area contributed by atoms with Crippen molar-refractivity contribution in [3.8, 4) is 11.5 Å². The Morgan fingerprint density at radius 3 is 2.75 bits per heavy atom. The number of ether oxygens (including phenoxy) is 1. The molecule has 1 saturated carbocycles. The number of hydrogen-bond acceptors (Lipinski definition) is 3. The van der Waals surface area contributed by atoms with E-state index in [4.69, 9.17) is 10.5 Å². The lowest BCUT2D eigenvalue weighted by Gasteiger charge is -2.22. The van der Waals surface area contributed by atoms with E-state index in [-0.39, 0.29) is 5.75 Å². The quantitative estimate of drug-likeness (QED) is 0.609. The monoisotopic (exact) mass is 221 g/mol. The Bertz CT molecular complexity index is 346. The fourth-order valence-corrected chi connectivity index (χ4v) is 2.22. The molecule has 0 radical (unpaired) electrons. The first kappa shape index (κ1) is 11.1. The molecule has 2 rings (SSSR count). The number of rotatable bonds is 3. The topological polar surface area (TPSA) is 55.5 Å². The highest BCUT2D eigenvalue weighted by Gasteiger charge is 2.14. The average molecular weight is 221 g/mol. The third kappa shape index (κ3) is 2.60. The van der Waals surface area contributed by atoms with Gasteiger partial charge in [0.15, 0.2) is 0 Å². The molecule has 16 heavy (non-hydrogen) atoms. The van der Waals surface area contributed by atoms with E-state index in [0.717, 1.165) is 0 Å². The molecule has 3 heteroatoms. The Hall–Kier alpha value is -1.38. The predicted molar refractivity (Wildman–Crippen MR) is 64.6 cm³/mol. The van der Waals surface area contributed by atoms with Gasteiger partial charge in [-0.25, -0.2) is 0 Å². The van der Waals surface area contributed by atoms with E-state index >= 15 is 0 Å². The van der Waals surface area contributed by atoms with Gasteiger partial charge in [-0.1, -0.05) is 25.3 Å². The van der Waals surface area contributed by atoms with Crippen molar-refractivity contribution in [2.45, 2.75) is 32.1 Å². The van der Waals surface area contributed by atoms with Crippen molar-refractivity contribution in [1.29, 1.82) is 0 Å². The molecule has 0 aliphatic heterocycles. The first-order valence-corrected chi connectivity index (χ1v) is 5.97. The van der Waals surface area contributed by atoms with Crippen LogP contribution in [0.15, 0.2) is 18.2 Å². The summed E-state index contributed by atoms with van der Waals surface area (Å²) >= 11 is 0. The molecular weight excluding hydrogens is 202 g/mol. The number of nitrogen functional groups attached to an aromatic ring is 1. The Labute approximate surface area is 96.2 Å². The zero-order valence-corrected chi connectivity index (χ0v) is 9.48. The molecular formula is C13H19NO2. The van der Waals surface area contributed by atoms with Gasteiger partial charge in [-0.15, -0.1) is 0 Å². The van der Waals surface area contributed by atoms with E-state index in [0.29, 0.717) is 24.0 Å². The number of aromatic hydroxyl groups is 1. The lowest BCUT2D eigenvalue weighted by Crippen LogP contribution is -2.15. The van der Waals surface area contributed by atoms with Gasteiger partial charge in [0.2, 0.25) is 0 Å². The summed E-state index contributed by atoms with van der Waals surface area (Å²) in [5.41, 5.74) is 6.07. The summed E-state index contributed by atoms with van der Waals surface area (Å²) in [6.45, 7) is 0.716. The Kier molecular flexibility index (Phi) is 3.54. The first-order chi connectivity index (χ1) is 7.77. The summed E-state index contributed by atoms with van der Waals surface area (Å²) in [5.74, 6) is 1.35. The summed E-state index contributed by atoms with van der Waals surface area (Å²) in [7, 11) is 0. The average Bonchev–Trinajstić information content (AvgIpc) is 2.32. The van der Waals surface area contributed by atoms with Crippen LogP contribution in [0.2, 0.25) is 0 Å². The molecule has 1 aliphatic carbocycles. The number of nitrogens with two attached hydrogens (primary N) is 1. The molecule has 0 aromatic heterocycles. The van der Waals surface area contributed by atoms with E-state index in [1.165, 1.54) is 32.1 Å². The van der Waals surface area contributed by atoms with Crippen molar-refractivity contribution in [2.24, 2.45) is 5.92 Å². The number of hydrogen-bond donors (Lipinski definition) is 2. The standard InChI is InChI=1S/C13H19NO2/c14-13-11(15)7-4-8-12(13)16-9-10-5-2-1-3-6-10/h4,7-8,10,15H,1-3,5-6,9,14H2. The summed E-state index contributed by atoms with van der Waals surface area (Å²) in [5, 5.41) is 9.43. The van der Waals surface area contributed by atoms with Crippen LogP contribution in [-0.2, 0) is 0 Å². The molecule has 1 fully saturated rings. The second kappa shape index (κ2) is 5.10. The Morgan fingerprint density at radius 2 is 2.00 bits per heavy atom. The number of phenolic OH excluding ortho intramolecular Hbond substituents is 1. The SMILES string of the molecule is Nc1c(O)cccc1OCC1CCCCC1. The van der Waals surface area contributed by atoms with Crippen molar-refractivity contribution in [2.75, 3.05) is 12.3 Å². The van der Waals surface area contributed by atoms with Crippen LogP contribution in [0.5, 0.6) is 11.5 Å². The molecule has 3 N–H and O–H groups in total. The van der Waals surface area contributed by atoms with Crippen LogP contribution in [0.3, 0.4) is 0 Å². The van der Waals surface area contributed by atoms with Gasteiger partial charge in [0.25, 0.3) is 0 Å². The van der Waals surface area contributed by atoms with E-state index in [9.17, 15) is 5.11 Å². The van der Waals surface area contributed by atoms with Crippen LogP contribution in [0.1, 0.15) is 32.1 Å². The van der Waals surface area contributed by atoms with Gasteiger partial charge in [0, 0.05) is 0 Å². The van der Waals surface area contributed by atoms with Gasteiger partial charge >= 0.3 is 0 Å². The third-order valence-electron chi connectivity index (χ3n) is 3.24. The number of phenols is 1. The third-order valence-corrected chi connectivity index (χ3v) is 3.24. The minimum Gasteiger partial charge on any atom is -0.506 e. The van der Waals surface area contributed by atoms with Gasteiger partial charge in [-0.2, -0.15) is 0 Å². The highest BCUT2D eigenvalue weighted by molar-refractivity contribution is 5.61. The van der Waals surface area contributed by atoms with Crippen LogP contribution < -0.4 is 10.5 Å². The summed E-state index contributed by atoms with van der Waals surface area (Å²) in [4.78, 5) is 0. The highest BCUT2D eigenvalue weighted by atomic mass is 16.5. The van der Waals surface area contributed by atoms with Crippen molar-refractivity contribution < 1.29 is 9.84 Å². The lowest BCUT2D eigenvalue weighted by molar-refractivity contribution is 0.209. The van der Waals surface area contributed by atoms with Crippen molar-refractivity contribution in [1.82, 2.24) is 0 Å². The van der Waals surface area contributed by atoms with Crippen molar-refractivity contribution >= 4 is 5.69 Å². The predicted octanol–water partition coefficient (Wildman–Crippen LogP) is 2.93. The molecule has 1 aliphatic rings. The maximum atomic E-state index is 9.43. The fourth-order valence-electron chi connectivity index (χ4n) is 2.22. The number of para-hydroxylation sites is 1. The number of benzene rings is 1. The fraction of sp³-hybridized carbons (Fsp3) is 0.538. The van der Waals surface area contributed by atoms with E-state index in [1.807, 2.05) is 0 Å². The summed E-state index contributed by atoms with van der Waals surface area (Å²) < 4.78 is 5.67. The normalized spacial score (nSPS) is 17.2. The van der Waals surface area contributed by atoms with Crippen molar-refractivity contribution in [3.05, 3.63) is 18.2 Å². The number of anilines is 1. The Balaban J connectivity index is 1.91. The molecule has 0 atom stereocenters. The zero-order valence-electron chi connectivity index (χ0n) is 9.48.